The van der Waals surface area contributed by atoms with Gasteiger partial charge in [-0.2, -0.15) is 13.2 Å². The fourth-order valence-corrected chi connectivity index (χ4v) is 4.91. The maximum atomic E-state index is 14.6. The maximum absolute atomic E-state index is 14.6. The zero-order chi connectivity index (χ0) is 28.2. The Kier molecular flexibility index (Phi) is 8.76. The summed E-state index contributed by atoms with van der Waals surface area (Å²) >= 11 is -0.303. The zero-order valence-electron chi connectivity index (χ0n) is 21.5. The summed E-state index contributed by atoms with van der Waals surface area (Å²) in [4.78, 5) is 18.1. The van der Waals surface area contributed by atoms with Crippen molar-refractivity contribution in [3.8, 4) is 17.6 Å². The van der Waals surface area contributed by atoms with Crippen LogP contribution in [0, 0.1) is 11.8 Å². The minimum Gasteiger partial charge on any atom is -0.495 e. The number of nitrogens with one attached hydrogen (secondary N) is 3. The van der Waals surface area contributed by atoms with E-state index in [0.29, 0.717) is 35.7 Å². The predicted molar refractivity (Wildman–Crippen MR) is 143 cm³/mol. The number of nitrogens with zero attached hydrogens (tertiary/aromatic N) is 3. The fraction of sp³-hybridized carbons (Fsp3) is 0.385. The minimum atomic E-state index is -4.56. The number of amides is 1. The van der Waals surface area contributed by atoms with E-state index >= 15 is 0 Å². The molecule has 1 aromatic carbocycles. The number of hydrogen-bond donors (Lipinski definition) is 3. The van der Waals surface area contributed by atoms with Gasteiger partial charge < -0.3 is 25.6 Å². The number of fused-ring (bicyclic) bond motifs is 1. The van der Waals surface area contributed by atoms with Crippen molar-refractivity contribution in [2.75, 3.05) is 51.5 Å². The SMILES string of the molecule is CNC(=O)c1ccc(NCC#Cc2nc3c(N[C@H]4CCN(C)C[C@H]4F)cccn3c2SC(F)(F)F)c(OC)c1. The van der Waals surface area contributed by atoms with Crippen LogP contribution in [0.3, 0.4) is 0 Å². The molecule has 3 heterocycles. The normalized spacial score (nSPS) is 17.8. The average Bonchev–Trinajstić information content (AvgIpc) is 3.24. The lowest BCUT2D eigenvalue weighted by Gasteiger charge is -2.33. The van der Waals surface area contributed by atoms with Crippen LogP contribution in [-0.4, -0.2) is 78.8 Å². The first-order valence-electron chi connectivity index (χ1n) is 12.1. The van der Waals surface area contributed by atoms with Crippen LogP contribution >= 0.6 is 11.8 Å². The number of piperidine rings is 1. The number of anilines is 2. The maximum Gasteiger partial charge on any atom is 0.447 e. The van der Waals surface area contributed by atoms with Crippen molar-refractivity contribution in [3.05, 3.63) is 47.8 Å². The van der Waals surface area contributed by atoms with Gasteiger partial charge in [0, 0.05) is 43.7 Å². The van der Waals surface area contributed by atoms with E-state index < -0.39 is 17.7 Å². The number of aromatic nitrogens is 2. The van der Waals surface area contributed by atoms with Crippen LogP contribution < -0.4 is 20.7 Å². The van der Waals surface area contributed by atoms with Gasteiger partial charge in [0.2, 0.25) is 0 Å². The molecule has 0 spiro atoms. The van der Waals surface area contributed by atoms with E-state index in [-0.39, 0.29) is 47.1 Å². The highest BCUT2D eigenvalue weighted by Gasteiger charge is 2.33. The van der Waals surface area contributed by atoms with Gasteiger partial charge in [0.15, 0.2) is 5.65 Å². The largest absolute Gasteiger partial charge is 0.495 e. The van der Waals surface area contributed by atoms with Crippen LogP contribution in [0.15, 0.2) is 41.6 Å². The van der Waals surface area contributed by atoms with Crippen LogP contribution in [0.5, 0.6) is 5.75 Å². The quantitative estimate of drug-likeness (QED) is 0.225. The standard InChI is InChI=1S/C26H28F4N6O2S/c1-31-24(37)16-8-9-19(22(14-16)38-3)32-11-4-6-21-25(39-26(28,29)30)36-12-5-7-20(23(36)34-21)33-18-10-13-35(2)15-17(18)27/h5,7-9,12,14,17-18,32-33H,10-11,13,15H2,1-3H3,(H,31,37)/t17-,18+/m1/s1. The van der Waals surface area contributed by atoms with Crippen LogP contribution in [-0.2, 0) is 0 Å². The smallest absolute Gasteiger partial charge is 0.447 e. The first-order valence-corrected chi connectivity index (χ1v) is 12.9. The number of methoxy groups -OCH3 is 1. The molecule has 0 unspecified atom stereocenters. The Balaban J connectivity index is 1.59. The fourth-order valence-electron chi connectivity index (χ4n) is 4.26. The van der Waals surface area contributed by atoms with E-state index in [1.54, 1.807) is 30.3 Å². The van der Waals surface area contributed by atoms with Crippen molar-refractivity contribution in [2.24, 2.45) is 0 Å². The predicted octanol–water partition coefficient (Wildman–Crippen LogP) is 4.23. The number of pyridine rings is 1. The molecule has 3 N–H and O–H groups in total. The molecule has 1 aliphatic heterocycles. The topological polar surface area (TPSA) is 82.9 Å². The molecule has 0 aliphatic carbocycles. The molecular weight excluding hydrogens is 536 g/mol. The third kappa shape index (κ3) is 6.88. The third-order valence-corrected chi connectivity index (χ3v) is 6.98. The molecule has 0 bridgehead atoms. The highest BCUT2D eigenvalue weighted by atomic mass is 32.2. The van der Waals surface area contributed by atoms with Gasteiger partial charge >= 0.3 is 5.51 Å². The van der Waals surface area contributed by atoms with E-state index in [1.807, 2.05) is 11.9 Å². The molecule has 1 fully saturated rings. The van der Waals surface area contributed by atoms with Gasteiger partial charge in [-0.3, -0.25) is 9.20 Å². The lowest BCUT2D eigenvalue weighted by Crippen LogP contribution is -2.46. The molecular formula is C26H28F4N6O2S. The molecule has 3 aromatic rings. The Morgan fingerprint density at radius 3 is 2.77 bits per heavy atom. The van der Waals surface area contributed by atoms with E-state index in [0.717, 1.165) is 0 Å². The van der Waals surface area contributed by atoms with Crippen LogP contribution in [0.25, 0.3) is 5.65 Å². The Hall–Kier alpha value is -3.63. The molecule has 208 valence electrons. The number of alkyl halides is 4. The summed E-state index contributed by atoms with van der Waals surface area (Å²) in [6, 6.07) is 7.61. The number of carbonyl (C=O) groups excluding carboxylic acids is 1. The monoisotopic (exact) mass is 564 g/mol. The first kappa shape index (κ1) is 28.4. The summed E-state index contributed by atoms with van der Waals surface area (Å²) in [5, 5.41) is 8.53. The highest BCUT2D eigenvalue weighted by Crippen LogP contribution is 2.39. The number of ether oxygens (including phenoxy) is 1. The van der Waals surface area contributed by atoms with Gasteiger partial charge in [-0.25, -0.2) is 9.37 Å². The second-order valence-corrected chi connectivity index (χ2v) is 9.95. The number of likely N-dealkylation sites (tertiary alicyclic amines) is 1. The van der Waals surface area contributed by atoms with Crippen LogP contribution in [0.4, 0.5) is 28.9 Å². The molecule has 8 nitrogen and oxygen atoms in total. The molecule has 2 aromatic heterocycles. The number of thioether (sulfide) groups is 1. The van der Waals surface area contributed by atoms with E-state index in [2.05, 4.69) is 32.8 Å². The number of hydrogen-bond acceptors (Lipinski definition) is 7. The molecule has 2 atom stereocenters. The molecule has 0 radical (unpaired) electrons. The van der Waals surface area contributed by atoms with Crippen LogP contribution in [0.1, 0.15) is 22.5 Å². The van der Waals surface area contributed by atoms with E-state index in [4.69, 9.17) is 4.74 Å². The summed E-state index contributed by atoms with van der Waals surface area (Å²) in [5.74, 6) is 5.69. The van der Waals surface area contributed by atoms with Crippen molar-refractivity contribution in [2.45, 2.75) is 29.2 Å². The Labute approximate surface area is 227 Å². The van der Waals surface area contributed by atoms with Crippen molar-refractivity contribution in [1.82, 2.24) is 19.6 Å². The Bertz CT molecular complexity index is 1400. The van der Waals surface area contributed by atoms with Gasteiger partial charge in [0.1, 0.15) is 22.6 Å². The number of benzene rings is 1. The molecule has 1 saturated heterocycles. The average molecular weight is 565 g/mol. The Morgan fingerprint density at radius 1 is 1.28 bits per heavy atom. The second kappa shape index (κ2) is 12.0. The summed E-state index contributed by atoms with van der Waals surface area (Å²) in [5.41, 5.74) is -2.97. The molecule has 13 heteroatoms. The summed E-state index contributed by atoms with van der Waals surface area (Å²) < 4.78 is 61.6. The van der Waals surface area contributed by atoms with Gasteiger partial charge in [-0.05, 0) is 49.7 Å². The molecule has 4 rings (SSSR count). The van der Waals surface area contributed by atoms with Crippen molar-refractivity contribution in [3.63, 3.8) is 0 Å². The minimum absolute atomic E-state index is 0.0459. The van der Waals surface area contributed by atoms with Gasteiger partial charge in [0.05, 0.1) is 31.1 Å². The third-order valence-electron chi connectivity index (χ3n) is 6.17. The lowest BCUT2D eigenvalue weighted by molar-refractivity contribution is -0.0330. The summed E-state index contributed by atoms with van der Waals surface area (Å²) in [6.45, 7) is 1.05. The molecule has 1 aliphatic rings. The van der Waals surface area contributed by atoms with Gasteiger partial charge in [-0.1, -0.05) is 5.92 Å². The molecule has 1 amide bonds. The second-order valence-electron chi connectivity index (χ2n) is 8.90. The highest BCUT2D eigenvalue weighted by molar-refractivity contribution is 8.00. The van der Waals surface area contributed by atoms with Crippen molar-refractivity contribution >= 4 is 34.7 Å². The van der Waals surface area contributed by atoms with E-state index in [1.165, 1.54) is 24.8 Å². The number of halogens is 4. The zero-order valence-corrected chi connectivity index (χ0v) is 22.3. The van der Waals surface area contributed by atoms with Crippen LogP contribution in [0.2, 0.25) is 0 Å². The first-order chi connectivity index (χ1) is 18.6. The Morgan fingerprint density at radius 2 is 2.08 bits per heavy atom. The van der Waals surface area contributed by atoms with Crippen molar-refractivity contribution in [1.29, 1.82) is 0 Å². The number of rotatable bonds is 7. The lowest BCUT2D eigenvalue weighted by atomic mass is 10.0. The molecule has 39 heavy (non-hydrogen) atoms. The van der Waals surface area contributed by atoms with Gasteiger partial charge in [0.25, 0.3) is 5.91 Å². The van der Waals surface area contributed by atoms with Crippen molar-refractivity contribution < 1.29 is 27.1 Å². The number of imidazole rings is 1. The summed E-state index contributed by atoms with van der Waals surface area (Å²) in [6.07, 6.45) is 0.900. The molecule has 0 saturated carbocycles. The summed E-state index contributed by atoms with van der Waals surface area (Å²) in [7, 11) is 4.82. The van der Waals surface area contributed by atoms with E-state index in [9.17, 15) is 22.4 Å². The number of carbonyl (C=O) groups is 1. The van der Waals surface area contributed by atoms with Gasteiger partial charge in [-0.15, -0.1) is 0 Å².